The van der Waals surface area contributed by atoms with E-state index in [1.165, 1.54) is 0 Å². The van der Waals surface area contributed by atoms with Gasteiger partial charge in [-0.3, -0.25) is 0 Å². The third-order valence-electron chi connectivity index (χ3n) is 3.53. The van der Waals surface area contributed by atoms with Crippen molar-refractivity contribution in [1.29, 1.82) is 0 Å². The van der Waals surface area contributed by atoms with Crippen LogP contribution < -0.4 is 10.2 Å². The van der Waals surface area contributed by atoms with Gasteiger partial charge in [-0.25, -0.2) is 4.39 Å². The van der Waals surface area contributed by atoms with Crippen molar-refractivity contribution in [1.82, 2.24) is 5.43 Å². The molecule has 2 N–H and O–H groups in total. The smallest absolute Gasteiger partial charge is 0.154 e. The van der Waals surface area contributed by atoms with Gasteiger partial charge >= 0.3 is 0 Å². The Morgan fingerprint density at radius 3 is 3.00 bits per heavy atom. The third kappa shape index (κ3) is 3.47. The van der Waals surface area contributed by atoms with Gasteiger partial charge in [0.2, 0.25) is 0 Å². The monoisotopic (exact) mass is 314 g/mol. The van der Waals surface area contributed by atoms with E-state index in [2.05, 4.69) is 10.5 Å². The van der Waals surface area contributed by atoms with Crippen molar-refractivity contribution < 1.29 is 14.2 Å². The highest BCUT2D eigenvalue weighted by Crippen LogP contribution is 2.35. The van der Waals surface area contributed by atoms with Crippen LogP contribution in [-0.4, -0.2) is 30.6 Å². The number of hydrazone groups is 1. The first-order valence-corrected chi connectivity index (χ1v) is 7.47. The first-order chi connectivity index (χ1) is 10.1. The fourth-order valence-corrected chi connectivity index (χ4v) is 2.64. The molecule has 0 aromatic heterocycles. The Kier molecular flexibility index (Phi) is 5.42. The maximum Gasteiger partial charge on any atom is 0.154 e. The van der Waals surface area contributed by atoms with Crippen LogP contribution in [0.1, 0.15) is 30.9 Å². The molecular weight excluding hydrogens is 295 g/mol. The van der Waals surface area contributed by atoms with Crippen LogP contribution in [0.3, 0.4) is 0 Å². The quantitative estimate of drug-likeness (QED) is 0.822. The van der Waals surface area contributed by atoms with Gasteiger partial charge < -0.3 is 15.3 Å². The minimum Gasteiger partial charge on any atom is -0.492 e. The lowest BCUT2D eigenvalue weighted by Gasteiger charge is -2.22. The molecule has 1 unspecified atom stereocenters. The summed E-state index contributed by atoms with van der Waals surface area (Å²) in [5.74, 6) is 0.0105. The molecule has 1 aliphatic heterocycles. The molecule has 0 aliphatic carbocycles. The number of aliphatic hydroxyl groups excluding tert-OH is 1. The minimum absolute atomic E-state index is 0.0246. The maximum atomic E-state index is 14.5. The molecule has 0 bridgehead atoms. The second-order valence-corrected chi connectivity index (χ2v) is 5.60. The number of hydrogen-bond donors (Lipinski definition) is 2. The lowest BCUT2D eigenvalue weighted by atomic mass is 9.93. The number of nitrogens with one attached hydrogen (secondary N) is 1. The normalized spacial score (nSPS) is 18.1. The SMILES string of the molecule is Cc1cc(C2=NNCCC2C)c(F)c(Cl)c1OCCCO. The summed E-state index contributed by atoms with van der Waals surface area (Å²) >= 11 is 6.11. The van der Waals surface area contributed by atoms with Crippen LogP contribution in [0.4, 0.5) is 4.39 Å². The highest BCUT2D eigenvalue weighted by atomic mass is 35.5. The number of hydrogen-bond acceptors (Lipinski definition) is 4. The van der Waals surface area contributed by atoms with Crippen LogP contribution in [0.2, 0.25) is 5.02 Å². The van der Waals surface area contributed by atoms with E-state index < -0.39 is 5.82 Å². The molecule has 6 heteroatoms. The summed E-state index contributed by atoms with van der Waals surface area (Å²) in [6, 6.07) is 1.72. The van der Waals surface area contributed by atoms with Gasteiger partial charge in [-0.1, -0.05) is 18.5 Å². The molecule has 1 aromatic carbocycles. The van der Waals surface area contributed by atoms with E-state index in [1.54, 1.807) is 6.07 Å². The minimum atomic E-state index is -0.504. The van der Waals surface area contributed by atoms with Crippen molar-refractivity contribution in [3.63, 3.8) is 0 Å². The molecule has 1 aromatic rings. The summed E-state index contributed by atoms with van der Waals surface area (Å²) in [6.07, 6.45) is 1.39. The van der Waals surface area contributed by atoms with Crippen LogP contribution >= 0.6 is 11.6 Å². The van der Waals surface area contributed by atoms with Crippen LogP contribution in [0.15, 0.2) is 11.2 Å². The van der Waals surface area contributed by atoms with Crippen LogP contribution in [-0.2, 0) is 0 Å². The number of ether oxygens (including phenoxy) is 1. The second-order valence-electron chi connectivity index (χ2n) is 5.22. The molecular formula is C15H20ClFN2O2. The van der Waals surface area contributed by atoms with Crippen molar-refractivity contribution in [3.05, 3.63) is 28.0 Å². The molecule has 21 heavy (non-hydrogen) atoms. The largest absolute Gasteiger partial charge is 0.492 e. The standard InChI is InChI=1S/C15H20ClFN2O2/c1-9-4-5-18-19-14(9)11-8-10(2)15(12(16)13(11)17)21-7-3-6-20/h8-9,18,20H,3-7H2,1-2H3. The average Bonchev–Trinajstić information content (AvgIpc) is 2.47. The lowest BCUT2D eigenvalue weighted by molar-refractivity contribution is 0.232. The Hall–Kier alpha value is -1.33. The molecule has 0 fully saturated rings. The maximum absolute atomic E-state index is 14.5. The molecule has 0 radical (unpaired) electrons. The number of rotatable bonds is 5. The zero-order valence-electron chi connectivity index (χ0n) is 12.2. The Bertz CT molecular complexity index is 549. The van der Waals surface area contributed by atoms with Gasteiger partial charge in [-0.15, -0.1) is 0 Å². The van der Waals surface area contributed by atoms with E-state index in [-0.39, 0.29) is 17.5 Å². The van der Waals surface area contributed by atoms with Crippen LogP contribution in [0.5, 0.6) is 5.75 Å². The van der Waals surface area contributed by atoms with Crippen molar-refractivity contribution in [3.8, 4) is 5.75 Å². The van der Waals surface area contributed by atoms with E-state index in [9.17, 15) is 4.39 Å². The Balaban J connectivity index is 2.35. The first kappa shape index (κ1) is 16.0. The Morgan fingerprint density at radius 2 is 2.33 bits per heavy atom. The Morgan fingerprint density at radius 1 is 1.57 bits per heavy atom. The van der Waals surface area contributed by atoms with Crippen molar-refractivity contribution in [2.24, 2.45) is 11.0 Å². The van der Waals surface area contributed by atoms with Gasteiger partial charge in [0.05, 0.1) is 12.3 Å². The third-order valence-corrected chi connectivity index (χ3v) is 3.87. The molecule has 1 aliphatic rings. The molecule has 4 nitrogen and oxygen atoms in total. The van der Waals surface area contributed by atoms with E-state index in [0.717, 1.165) is 18.5 Å². The topological polar surface area (TPSA) is 53.9 Å². The van der Waals surface area contributed by atoms with E-state index in [0.29, 0.717) is 30.1 Å². The summed E-state index contributed by atoms with van der Waals surface area (Å²) in [6.45, 7) is 4.96. The van der Waals surface area contributed by atoms with Crippen LogP contribution in [0.25, 0.3) is 0 Å². The molecule has 1 atom stereocenters. The van der Waals surface area contributed by atoms with E-state index in [4.69, 9.17) is 21.4 Å². The first-order valence-electron chi connectivity index (χ1n) is 7.09. The summed E-state index contributed by atoms with van der Waals surface area (Å²) in [7, 11) is 0. The number of benzene rings is 1. The summed E-state index contributed by atoms with van der Waals surface area (Å²) in [5, 5.41) is 13.0. The highest BCUT2D eigenvalue weighted by molar-refractivity contribution is 6.32. The predicted molar refractivity (Wildman–Crippen MR) is 81.7 cm³/mol. The van der Waals surface area contributed by atoms with Gasteiger partial charge in [0.25, 0.3) is 0 Å². The van der Waals surface area contributed by atoms with Crippen molar-refractivity contribution in [2.45, 2.75) is 26.7 Å². The molecule has 0 saturated carbocycles. The predicted octanol–water partition coefficient (Wildman–Crippen LogP) is 2.88. The average molecular weight is 315 g/mol. The highest BCUT2D eigenvalue weighted by Gasteiger charge is 2.24. The van der Waals surface area contributed by atoms with Gasteiger partial charge in [0, 0.05) is 31.1 Å². The molecule has 0 saturated heterocycles. The fourth-order valence-electron chi connectivity index (χ4n) is 2.33. The molecule has 0 spiro atoms. The van der Waals surface area contributed by atoms with Crippen molar-refractivity contribution >= 4 is 17.3 Å². The fraction of sp³-hybridized carbons (Fsp3) is 0.533. The van der Waals surface area contributed by atoms with E-state index >= 15 is 0 Å². The second kappa shape index (κ2) is 7.09. The molecule has 2 rings (SSSR count). The van der Waals surface area contributed by atoms with Gasteiger partial charge in [0.15, 0.2) is 5.82 Å². The summed E-state index contributed by atoms with van der Waals surface area (Å²) in [5.41, 5.74) is 4.77. The molecule has 116 valence electrons. The van der Waals surface area contributed by atoms with E-state index in [1.807, 2.05) is 13.8 Å². The van der Waals surface area contributed by atoms with Crippen LogP contribution in [0, 0.1) is 18.7 Å². The Labute approximate surface area is 129 Å². The number of nitrogens with zero attached hydrogens (tertiary/aromatic N) is 1. The summed E-state index contributed by atoms with van der Waals surface area (Å²) in [4.78, 5) is 0. The molecule has 0 amide bonds. The number of aryl methyl sites for hydroxylation is 1. The number of halogens is 2. The number of aliphatic hydroxyl groups is 1. The lowest BCUT2D eigenvalue weighted by Crippen LogP contribution is -2.28. The zero-order valence-corrected chi connectivity index (χ0v) is 13.0. The van der Waals surface area contributed by atoms with Gasteiger partial charge in [-0.2, -0.15) is 5.10 Å². The molecule has 1 heterocycles. The summed E-state index contributed by atoms with van der Waals surface area (Å²) < 4.78 is 20.0. The van der Waals surface area contributed by atoms with Crippen molar-refractivity contribution in [2.75, 3.05) is 19.8 Å². The zero-order chi connectivity index (χ0) is 15.4. The van der Waals surface area contributed by atoms with Gasteiger partial charge in [-0.05, 0) is 25.0 Å². The van der Waals surface area contributed by atoms with Gasteiger partial charge in [0.1, 0.15) is 10.8 Å².